The molecule has 104 valence electrons. The van der Waals surface area contributed by atoms with Crippen LogP contribution in [0.25, 0.3) is 0 Å². The molecule has 0 aliphatic carbocycles. The first-order valence-electron chi connectivity index (χ1n) is 7.21. The maximum atomic E-state index is 9.98. The third-order valence-electron chi connectivity index (χ3n) is 4.29. The summed E-state index contributed by atoms with van der Waals surface area (Å²) >= 11 is 0. The molecule has 20 heavy (non-hydrogen) atoms. The molecule has 2 heteroatoms. The molecule has 0 radical (unpaired) electrons. The van der Waals surface area contributed by atoms with Crippen LogP contribution in [0.1, 0.15) is 28.2 Å². The average molecular weight is 267 g/mol. The monoisotopic (exact) mass is 267 g/mol. The Hall–Kier alpha value is -1.80. The standard InChI is InChI=1S/C18H21NO/c1-13-10-16-15(11-18(13)20)8-9-19(2)12-17(16)14-6-4-3-5-7-14/h3-7,10-11,17,20H,8-9,12H2,1-2H3. The molecular formula is C18H21NO. The number of aryl methyl sites for hydroxylation is 1. The first-order valence-corrected chi connectivity index (χ1v) is 7.21. The Morgan fingerprint density at radius 2 is 1.90 bits per heavy atom. The molecule has 1 N–H and O–H groups in total. The van der Waals surface area contributed by atoms with Crippen LogP contribution >= 0.6 is 0 Å². The van der Waals surface area contributed by atoms with Crippen molar-refractivity contribution in [1.29, 1.82) is 0 Å². The van der Waals surface area contributed by atoms with E-state index < -0.39 is 0 Å². The van der Waals surface area contributed by atoms with Gasteiger partial charge in [0.05, 0.1) is 0 Å². The van der Waals surface area contributed by atoms with Gasteiger partial charge < -0.3 is 10.0 Å². The summed E-state index contributed by atoms with van der Waals surface area (Å²) in [5.41, 5.74) is 4.98. The molecular weight excluding hydrogens is 246 g/mol. The Labute approximate surface area is 120 Å². The van der Waals surface area contributed by atoms with Gasteiger partial charge in [0.25, 0.3) is 0 Å². The second kappa shape index (κ2) is 5.29. The van der Waals surface area contributed by atoms with Crippen LogP contribution < -0.4 is 0 Å². The average Bonchev–Trinajstić information content (AvgIpc) is 2.61. The maximum Gasteiger partial charge on any atom is 0.118 e. The number of hydrogen-bond acceptors (Lipinski definition) is 2. The predicted octanol–water partition coefficient (Wildman–Crippen LogP) is 3.32. The number of phenolic OH excluding ortho intramolecular Hbond substituents is 1. The maximum absolute atomic E-state index is 9.98. The summed E-state index contributed by atoms with van der Waals surface area (Å²) in [5, 5.41) is 9.98. The lowest BCUT2D eigenvalue weighted by Crippen LogP contribution is -2.24. The molecule has 1 unspecified atom stereocenters. The van der Waals surface area contributed by atoms with E-state index in [0.717, 1.165) is 25.1 Å². The lowest BCUT2D eigenvalue weighted by molar-refractivity contribution is 0.338. The molecule has 1 aliphatic heterocycles. The summed E-state index contributed by atoms with van der Waals surface area (Å²) < 4.78 is 0. The van der Waals surface area contributed by atoms with Crippen LogP contribution in [0.3, 0.4) is 0 Å². The van der Waals surface area contributed by atoms with Gasteiger partial charge in [-0.3, -0.25) is 0 Å². The van der Waals surface area contributed by atoms with E-state index in [4.69, 9.17) is 0 Å². The first-order chi connectivity index (χ1) is 9.65. The molecule has 2 aromatic carbocycles. The molecule has 1 aliphatic rings. The number of fused-ring (bicyclic) bond motifs is 1. The SMILES string of the molecule is Cc1cc2c(cc1O)CCN(C)CC2c1ccccc1. The minimum Gasteiger partial charge on any atom is -0.508 e. The number of benzene rings is 2. The molecule has 2 nitrogen and oxygen atoms in total. The number of rotatable bonds is 1. The van der Waals surface area contributed by atoms with Gasteiger partial charge in [-0.1, -0.05) is 36.4 Å². The zero-order chi connectivity index (χ0) is 14.1. The summed E-state index contributed by atoms with van der Waals surface area (Å²) in [4.78, 5) is 2.38. The van der Waals surface area contributed by atoms with Crippen LogP contribution in [-0.4, -0.2) is 30.1 Å². The van der Waals surface area contributed by atoms with Gasteiger partial charge in [-0.25, -0.2) is 0 Å². The van der Waals surface area contributed by atoms with Gasteiger partial charge in [0.15, 0.2) is 0 Å². The van der Waals surface area contributed by atoms with E-state index in [0.29, 0.717) is 11.7 Å². The highest BCUT2D eigenvalue weighted by atomic mass is 16.3. The molecule has 0 spiro atoms. The van der Waals surface area contributed by atoms with Gasteiger partial charge in [-0.15, -0.1) is 0 Å². The highest BCUT2D eigenvalue weighted by Crippen LogP contribution is 2.34. The molecule has 0 saturated heterocycles. The number of likely N-dealkylation sites (N-methyl/N-ethyl adjacent to an activating group) is 1. The summed E-state index contributed by atoms with van der Waals surface area (Å²) in [6.45, 7) is 4.05. The predicted molar refractivity (Wildman–Crippen MR) is 82.3 cm³/mol. The normalized spacial score (nSPS) is 19.4. The Kier molecular flexibility index (Phi) is 3.49. The van der Waals surface area contributed by atoms with Crippen molar-refractivity contribution in [2.45, 2.75) is 19.3 Å². The first kappa shape index (κ1) is 13.2. The van der Waals surface area contributed by atoms with Gasteiger partial charge in [-0.05, 0) is 48.7 Å². The van der Waals surface area contributed by atoms with Gasteiger partial charge in [0.1, 0.15) is 5.75 Å². The van der Waals surface area contributed by atoms with E-state index in [9.17, 15) is 5.11 Å². The number of hydrogen-bond donors (Lipinski definition) is 1. The fourth-order valence-electron chi connectivity index (χ4n) is 3.09. The van der Waals surface area contributed by atoms with Crippen molar-refractivity contribution in [3.63, 3.8) is 0 Å². The molecule has 1 heterocycles. The zero-order valence-corrected chi connectivity index (χ0v) is 12.1. The Morgan fingerprint density at radius 1 is 1.15 bits per heavy atom. The van der Waals surface area contributed by atoms with Crippen molar-refractivity contribution in [3.05, 3.63) is 64.7 Å². The third kappa shape index (κ3) is 2.44. The van der Waals surface area contributed by atoms with Crippen LogP contribution in [0.2, 0.25) is 0 Å². The lowest BCUT2D eigenvalue weighted by atomic mass is 9.87. The van der Waals surface area contributed by atoms with Crippen molar-refractivity contribution < 1.29 is 5.11 Å². The quantitative estimate of drug-likeness (QED) is 0.856. The van der Waals surface area contributed by atoms with E-state index in [1.54, 1.807) is 0 Å². The molecule has 1 atom stereocenters. The zero-order valence-electron chi connectivity index (χ0n) is 12.1. The van der Waals surface area contributed by atoms with Gasteiger partial charge in [-0.2, -0.15) is 0 Å². The summed E-state index contributed by atoms with van der Waals surface area (Å²) in [7, 11) is 2.18. The van der Waals surface area contributed by atoms with E-state index in [1.807, 2.05) is 13.0 Å². The summed E-state index contributed by atoms with van der Waals surface area (Å²) in [6, 6.07) is 14.8. The smallest absolute Gasteiger partial charge is 0.118 e. The molecule has 0 amide bonds. The fourth-order valence-corrected chi connectivity index (χ4v) is 3.09. The van der Waals surface area contributed by atoms with Gasteiger partial charge >= 0.3 is 0 Å². The summed E-state index contributed by atoms with van der Waals surface area (Å²) in [5.74, 6) is 0.804. The molecule has 2 aromatic rings. The Balaban J connectivity index is 2.12. The molecule has 0 fully saturated rings. The molecule has 3 rings (SSSR count). The van der Waals surface area contributed by atoms with E-state index in [2.05, 4.69) is 48.3 Å². The minimum atomic E-state index is 0.387. The number of phenols is 1. The lowest BCUT2D eigenvalue weighted by Gasteiger charge is -2.22. The number of nitrogens with zero attached hydrogens (tertiary/aromatic N) is 1. The van der Waals surface area contributed by atoms with Crippen LogP contribution in [-0.2, 0) is 6.42 Å². The topological polar surface area (TPSA) is 23.5 Å². The largest absolute Gasteiger partial charge is 0.508 e. The van der Waals surface area contributed by atoms with Crippen molar-refractivity contribution in [2.75, 3.05) is 20.1 Å². The Bertz CT molecular complexity index is 606. The van der Waals surface area contributed by atoms with Crippen LogP contribution in [0.15, 0.2) is 42.5 Å². The number of aromatic hydroxyl groups is 1. The highest BCUT2D eigenvalue weighted by molar-refractivity contribution is 5.47. The molecule has 0 saturated carbocycles. The summed E-state index contributed by atoms with van der Waals surface area (Å²) in [6.07, 6.45) is 1.00. The van der Waals surface area contributed by atoms with Crippen molar-refractivity contribution >= 4 is 0 Å². The van der Waals surface area contributed by atoms with Gasteiger partial charge in [0, 0.05) is 19.0 Å². The van der Waals surface area contributed by atoms with E-state index in [1.165, 1.54) is 16.7 Å². The van der Waals surface area contributed by atoms with Crippen LogP contribution in [0, 0.1) is 6.92 Å². The van der Waals surface area contributed by atoms with Gasteiger partial charge in [0.2, 0.25) is 0 Å². The fraction of sp³-hybridized carbons (Fsp3) is 0.333. The Morgan fingerprint density at radius 3 is 2.65 bits per heavy atom. The second-order valence-corrected chi connectivity index (χ2v) is 5.81. The third-order valence-corrected chi connectivity index (χ3v) is 4.29. The van der Waals surface area contributed by atoms with Crippen LogP contribution in [0.5, 0.6) is 5.75 Å². The minimum absolute atomic E-state index is 0.387. The van der Waals surface area contributed by atoms with E-state index >= 15 is 0 Å². The van der Waals surface area contributed by atoms with Crippen molar-refractivity contribution in [3.8, 4) is 5.75 Å². The molecule has 0 bridgehead atoms. The van der Waals surface area contributed by atoms with Crippen molar-refractivity contribution in [2.24, 2.45) is 0 Å². The highest BCUT2D eigenvalue weighted by Gasteiger charge is 2.23. The molecule has 0 aromatic heterocycles. The second-order valence-electron chi connectivity index (χ2n) is 5.81. The van der Waals surface area contributed by atoms with Crippen molar-refractivity contribution in [1.82, 2.24) is 4.90 Å². The van der Waals surface area contributed by atoms with Crippen LogP contribution in [0.4, 0.5) is 0 Å². The van der Waals surface area contributed by atoms with E-state index in [-0.39, 0.29) is 0 Å².